The Labute approximate surface area is 177 Å². The number of hydrogen-bond donors (Lipinski definition) is 1. The van der Waals surface area contributed by atoms with Gasteiger partial charge in [-0.1, -0.05) is 15.9 Å². The van der Waals surface area contributed by atoms with Crippen molar-refractivity contribution in [1.29, 1.82) is 0 Å². The van der Waals surface area contributed by atoms with Crippen molar-refractivity contribution in [2.75, 3.05) is 12.0 Å². The lowest BCUT2D eigenvalue weighted by Gasteiger charge is -2.28. The summed E-state index contributed by atoms with van der Waals surface area (Å²) in [6.45, 7) is 0. The third-order valence-electron chi connectivity index (χ3n) is 3.79. The van der Waals surface area contributed by atoms with Crippen LogP contribution in [0.5, 0.6) is 5.75 Å². The second-order valence-electron chi connectivity index (χ2n) is 5.52. The summed E-state index contributed by atoms with van der Waals surface area (Å²) in [6.07, 6.45) is 1.22. The van der Waals surface area contributed by atoms with Gasteiger partial charge in [-0.15, -0.1) is 0 Å². The highest BCUT2D eigenvalue weighted by Crippen LogP contribution is 2.31. The molecule has 7 nitrogen and oxygen atoms in total. The van der Waals surface area contributed by atoms with E-state index in [1.807, 2.05) is 0 Å². The van der Waals surface area contributed by atoms with Crippen LogP contribution in [0.15, 0.2) is 51.9 Å². The van der Waals surface area contributed by atoms with Crippen molar-refractivity contribution in [3.63, 3.8) is 0 Å². The van der Waals surface area contributed by atoms with Gasteiger partial charge in [0.05, 0.1) is 12.8 Å². The number of hydrogen-bond acceptors (Lipinski definition) is 5. The van der Waals surface area contributed by atoms with Crippen molar-refractivity contribution in [2.24, 2.45) is 10.9 Å². The monoisotopic (exact) mass is 541 g/mol. The van der Waals surface area contributed by atoms with Gasteiger partial charge < -0.3 is 4.74 Å². The van der Waals surface area contributed by atoms with E-state index in [0.717, 1.165) is 12.9 Å². The molecule has 2 aromatic carbocycles. The maximum atomic E-state index is 12.8. The first-order valence-electron chi connectivity index (χ1n) is 7.73. The summed E-state index contributed by atoms with van der Waals surface area (Å²) >= 11 is 5.46. The van der Waals surface area contributed by atoms with Crippen LogP contribution in [0.3, 0.4) is 0 Å². The van der Waals surface area contributed by atoms with Crippen LogP contribution in [0, 0.1) is 9.49 Å². The van der Waals surface area contributed by atoms with E-state index in [2.05, 4.69) is 48.8 Å². The largest absolute Gasteiger partial charge is 0.494 e. The summed E-state index contributed by atoms with van der Waals surface area (Å²) in [6, 6.07) is 11.2. The highest BCUT2D eigenvalue weighted by atomic mass is 127. The zero-order valence-electron chi connectivity index (χ0n) is 14.0. The molecule has 3 rings (SSSR count). The summed E-state index contributed by atoms with van der Waals surface area (Å²) in [5.41, 5.74) is 0.828. The molecule has 1 atom stereocenters. The van der Waals surface area contributed by atoms with E-state index in [-0.39, 0.29) is 0 Å². The van der Waals surface area contributed by atoms with Gasteiger partial charge in [-0.2, -0.15) is 0 Å². The van der Waals surface area contributed by atoms with Gasteiger partial charge in [0, 0.05) is 14.3 Å². The number of barbiturate groups is 1. The molecule has 1 aliphatic heterocycles. The standard InChI is InChI=1S/C18H13BrIN3O4/c1-27-15-7-2-10(19)8-14(15)21-9-13-16(24)22-18(26)23(17(13)25)12-5-3-11(20)4-6-12/h2-9,13H,1H3,(H,22,24,26)/t13-/m0/s1. The Morgan fingerprint density at radius 3 is 2.56 bits per heavy atom. The molecule has 1 aliphatic rings. The molecule has 1 fully saturated rings. The first kappa shape index (κ1) is 19.5. The van der Waals surface area contributed by atoms with E-state index in [1.165, 1.54) is 13.3 Å². The van der Waals surface area contributed by atoms with E-state index in [9.17, 15) is 14.4 Å². The summed E-state index contributed by atoms with van der Waals surface area (Å²) in [5.74, 6) is -2.12. The quantitative estimate of drug-likeness (QED) is 0.363. The molecular weight excluding hydrogens is 529 g/mol. The third-order valence-corrected chi connectivity index (χ3v) is 5.00. The molecule has 2 aromatic rings. The van der Waals surface area contributed by atoms with Crippen LogP contribution in [0.25, 0.3) is 0 Å². The van der Waals surface area contributed by atoms with Crippen molar-refractivity contribution < 1.29 is 19.1 Å². The van der Waals surface area contributed by atoms with Crippen molar-refractivity contribution in [2.45, 2.75) is 0 Å². The lowest BCUT2D eigenvalue weighted by Crippen LogP contribution is -2.58. The molecule has 138 valence electrons. The summed E-state index contributed by atoms with van der Waals surface area (Å²) in [5, 5.41) is 2.19. The fourth-order valence-corrected chi connectivity index (χ4v) is 3.18. The zero-order valence-corrected chi connectivity index (χ0v) is 17.7. The number of urea groups is 1. The number of halogens is 2. The van der Waals surface area contributed by atoms with Crippen molar-refractivity contribution in [3.8, 4) is 5.75 Å². The van der Waals surface area contributed by atoms with Gasteiger partial charge in [-0.25, -0.2) is 9.69 Å². The SMILES string of the molecule is COc1ccc(Br)cc1N=C[C@H]1C(=O)NC(=O)N(c2ccc(I)cc2)C1=O. The first-order valence-corrected chi connectivity index (χ1v) is 9.60. The Balaban J connectivity index is 1.92. The lowest BCUT2D eigenvalue weighted by molar-refractivity contribution is -0.131. The molecule has 0 unspecified atom stereocenters. The van der Waals surface area contributed by atoms with Crippen LogP contribution >= 0.6 is 38.5 Å². The molecule has 1 heterocycles. The van der Waals surface area contributed by atoms with E-state index < -0.39 is 23.8 Å². The minimum absolute atomic E-state index is 0.379. The summed E-state index contributed by atoms with van der Waals surface area (Å²) in [7, 11) is 1.50. The molecule has 4 amide bonds. The highest BCUT2D eigenvalue weighted by molar-refractivity contribution is 14.1. The molecule has 0 radical (unpaired) electrons. The number of amides is 4. The fraction of sp³-hybridized carbons (Fsp3) is 0.111. The minimum Gasteiger partial charge on any atom is -0.494 e. The molecule has 0 saturated carbocycles. The third kappa shape index (κ3) is 4.19. The molecule has 0 spiro atoms. The van der Waals surface area contributed by atoms with Crippen molar-refractivity contribution in [1.82, 2.24) is 5.32 Å². The number of nitrogens with zero attached hydrogens (tertiary/aromatic N) is 2. The van der Waals surface area contributed by atoms with Crippen LogP contribution in [-0.4, -0.2) is 31.2 Å². The van der Waals surface area contributed by atoms with Crippen LogP contribution in [-0.2, 0) is 9.59 Å². The number of methoxy groups -OCH3 is 1. The highest BCUT2D eigenvalue weighted by Gasteiger charge is 2.40. The predicted molar refractivity (Wildman–Crippen MR) is 113 cm³/mol. The number of anilines is 1. The number of benzene rings is 2. The van der Waals surface area contributed by atoms with Gasteiger partial charge in [0.1, 0.15) is 11.4 Å². The van der Waals surface area contributed by atoms with Gasteiger partial charge in [-0.3, -0.25) is 19.9 Å². The fourth-order valence-electron chi connectivity index (χ4n) is 2.48. The van der Waals surface area contributed by atoms with E-state index in [1.54, 1.807) is 42.5 Å². The van der Waals surface area contributed by atoms with Crippen LogP contribution in [0.2, 0.25) is 0 Å². The maximum absolute atomic E-state index is 12.8. The number of ether oxygens (including phenoxy) is 1. The van der Waals surface area contributed by atoms with Gasteiger partial charge in [-0.05, 0) is 65.1 Å². The smallest absolute Gasteiger partial charge is 0.335 e. The number of carbonyl (C=O) groups is 3. The van der Waals surface area contributed by atoms with Crippen LogP contribution in [0.1, 0.15) is 0 Å². The molecule has 0 aromatic heterocycles. The minimum atomic E-state index is -1.23. The second kappa shape index (κ2) is 8.17. The molecule has 0 aliphatic carbocycles. The Hall–Kier alpha value is -2.27. The zero-order chi connectivity index (χ0) is 19.6. The topological polar surface area (TPSA) is 88.1 Å². The number of aliphatic imine (C=N–C) groups is 1. The van der Waals surface area contributed by atoms with Crippen LogP contribution in [0.4, 0.5) is 16.2 Å². The van der Waals surface area contributed by atoms with Crippen LogP contribution < -0.4 is 15.0 Å². The Morgan fingerprint density at radius 2 is 1.89 bits per heavy atom. The van der Waals surface area contributed by atoms with Gasteiger partial charge in [0.2, 0.25) is 5.91 Å². The predicted octanol–water partition coefficient (Wildman–Crippen LogP) is 3.66. The lowest BCUT2D eigenvalue weighted by atomic mass is 10.1. The normalized spacial score (nSPS) is 17.4. The average molecular weight is 542 g/mol. The average Bonchev–Trinajstić information content (AvgIpc) is 2.63. The molecule has 27 heavy (non-hydrogen) atoms. The molecule has 0 bridgehead atoms. The molecular formula is C18H13BrIN3O4. The number of carbonyl (C=O) groups excluding carboxylic acids is 3. The van der Waals surface area contributed by atoms with Gasteiger partial charge >= 0.3 is 6.03 Å². The Kier molecular flexibility index (Phi) is 5.90. The van der Waals surface area contributed by atoms with Crippen molar-refractivity contribution in [3.05, 3.63) is 50.5 Å². The number of nitrogens with one attached hydrogen (secondary N) is 1. The Morgan fingerprint density at radius 1 is 1.19 bits per heavy atom. The molecule has 9 heteroatoms. The molecule has 1 saturated heterocycles. The second-order valence-corrected chi connectivity index (χ2v) is 7.68. The summed E-state index contributed by atoms with van der Waals surface area (Å²) < 4.78 is 6.95. The van der Waals surface area contributed by atoms with Crippen molar-refractivity contribution >= 4 is 74.0 Å². The first-order chi connectivity index (χ1) is 12.9. The number of rotatable bonds is 4. The van der Waals surface area contributed by atoms with E-state index >= 15 is 0 Å². The van der Waals surface area contributed by atoms with Gasteiger partial charge in [0.25, 0.3) is 5.91 Å². The van der Waals surface area contributed by atoms with Gasteiger partial charge in [0.15, 0.2) is 5.92 Å². The number of imide groups is 2. The van der Waals surface area contributed by atoms with E-state index in [0.29, 0.717) is 17.1 Å². The maximum Gasteiger partial charge on any atom is 0.335 e. The molecule has 1 N–H and O–H groups in total. The Bertz CT molecular complexity index is 946. The van der Waals surface area contributed by atoms with E-state index in [4.69, 9.17) is 4.74 Å². The summed E-state index contributed by atoms with van der Waals surface area (Å²) in [4.78, 5) is 42.3.